The molecule has 0 unspecified atom stereocenters. The molecule has 2 nitrogen and oxygen atoms in total. The van der Waals surface area contributed by atoms with Crippen LogP contribution in [0.1, 0.15) is 52.9 Å². The number of hydrogen-bond donors (Lipinski definition) is 1. The highest BCUT2D eigenvalue weighted by molar-refractivity contribution is 8.14. The second-order valence-electron chi connectivity index (χ2n) is 6.25. The average Bonchev–Trinajstić information content (AvgIpc) is 2.67. The van der Waals surface area contributed by atoms with Crippen LogP contribution in [-0.4, -0.2) is 23.0 Å². The number of aliphatic imine (C=N–C) groups is 1. The lowest BCUT2D eigenvalue weighted by Gasteiger charge is -2.35. The van der Waals surface area contributed by atoms with Crippen LogP contribution in [0.25, 0.3) is 0 Å². The molecular weight excluding hydrogens is 228 g/mol. The van der Waals surface area contributed by atoms with Gasteiger partial charge in [-0.25, -0.2) is 0 Å². The van der Waals surface area contributed by atoms with E-state index >= 15 is 0 Å². The first-order valence-corrected chi connectivity index (χ1v) is 8.04. The summed E-state index contributed by atoms with van der Waals surface area (Å²) in [7, 11) is 0. The molecule has 3 heteroatoms. The normalized spacial score (nSPS) is 35.8. The van der Waals surface area contributed by atoms with Crippen LogP contribution in [0.2, 0.25) is 0 Å². The lowest BCUT2D eigenvalue weighted by molar-refractivity contribution is 0.251. The minimum atomic E-state index is 0.397. The second-order valence-corrected chi connectivity index (χ2v) is 7.21. The Labute approximate surface area is 110 Å². The van der Waals surface area contributed by atoms with Gasteiger partial charge in [-0.15, -0.1) is 0 Å². The molecule has 2 rings (SSSR count). The lowest BCUT2D eigenvalue weighted by Crippen LogP contribution is -2.46. The topological polar surface area (TPSA) is 24.4 Å². The van der Waals surface area contributed by atoms with Gasteiger partial charge in [-0.1, -0.05) is 32.5 Å². The smallest absolute Gasteiger partial charge is 0.157 e. The third kappa shape index (κ3) is 3.64. The standard InChI is InChI=1S/C14H26N2S/c1-11(2)6-9-15-13-16-14(10-17-13)7-4-12(3)5-8-14/h11-12H,4-10H2,1-3H3,(H,15,16). The van der Waals surface area contributed by atoms with E-state index in [0.717, 1.165) is 18.4 Å². The lowest BCUT2D eigenvalue weighted by atomic mass is 9.78. The molecule has 0 bridgehead atoms. The van der Waals surface area contributed by atoms with Crippen LogP contribution < -0.4 is 5.32 Å². The van der Waals surface area contributed by atoms with Crippen LogP contribution in [0.3, 0.4) is 0 Å². The fourth-order valence-corrected chi connectivity index (χ4v) is 3.84. The molecule has 0 aromatic heterocycles. The number of nitrogens with one attached hydrogen (secondary N) is 1. The highest BCUT2D eigenvalue weighted by Crippen LogP contribution is 2.38. The van der Waals surface area contributed by atoms with Crippen molar-refractivity contribution in [1.29, 1.82) is 0 Å². The van der Waals surface area contributed by atoms with Crippen molar-refractivity contribution in [2.75, 3.05) is 12.3 Å². The molecule has 0 aromatic carbocycles. The highest BCUT2D eigenvalue weighted by Gasteiger charge is 2.39. The van der Waals surface area contributed by atoms with E-state index in [1.54, 1.807) is 0 Å². The van der Waals surface area contributed by atoms with E-state index in [1.807, 2.05) is 11.8 Å². The van der Waals surface area contributed by atoms with Gasteiger partial charge in [0, 0.05) is 17.8 Å². The molecule has 0 aromatic rings. The summed E-state index contributed by atoms with van der Waals surface area (Å²) in [6.07, 6.45) is 6.64. The molecule has 1 spiro atoms. The molecule has 1 aliphatic heterocycles. The molecule has 0 radical (unpaired) electrons. The van der Waals surface area contributed by atoms with Crippen LogP contribution in [0, 0.1) is 11.8 Å². The summed E-state index contributed by atoms with van der Waals surface area (Å²) in [5.41, 5.74) is 0.397. The molecular formula is C14H26N2S. The van der Waals surface area contributed by atoms with E-state index in [1.165, 1.54) is 43.0 Å². The van der Waals surface area contributed by atoms with Crippen molar-refractivity contribution in [2.45, 2.75) is 58.4 Å². The van der Waals surface area contributed by atoms with Gasteiger partial charge in [0.2, 0.25) is 0 Å². The fraction of sp³-hybridized carbons (Fsp3) is 0.929. The van der Waals surface area contributed by atoms with Crippen molar-refractivity contribution >= 4 is 16.9 Å². The van der Waals surface area contributed by atoms with Crippen LogP contribution in [0.5, 0.6) is 0 Å². The maximum absolute atomic E-state index is 4.70. The van der Waals surface area contributed by atoms with Gasteiger partial charge in [-0.3, -0.25) is 4.99 Å². The van der Waals surface area contributed by atoms with E-state index < -0.39 is 0 Å². The first-order valence-electron chi connectivity index (χ1n) is 7.05. The van der Waals surface area contributed by atoms with Crippen molar-refractivity contribution < 1.29 is 0 Å². The van der Waals surface area contributed by atoms with Crippen molar-refractivity contribution in [1.82, 2.24) is 5.32 Å². The monoisotopic (exact) mass is 254 g/mol. The first kappa shape index (κ1) is 13.3. The Kier molecular flexibility index (Phi) is 4.40. The Hall–Kier alpha value is -0.180. The van der Waals surface area contributed by atoms with Gasteiger partial charge in [0.1, 0.15) is 0 Å². The highest BCUT2D eigenvalue weighted by atomic mass is 32.2. The van der Waals surface area contributed by atoms with E-state index in [0.29, 0.717) is 5.54 Å². The third-order valence-electron chi connectivity index (χ3n) is 4.05. The molecule has 17 heavy (non-hydrogen) atoms. The first-order chi connectivity index (χ1) is 8.10. The summed E-state index contributed by atoms with van der Waals surface area (Å²) in [6, 6.07) is 0. The zero-order valence-electron chi connectivity index (χ0n) is 11.5. The molecule has 1 heterocycles. The van der Waals surface area contributed by atoms with Gasteiger partial charge >= 0.3 is 0 Å². The molecule has 2 aliphatic rings. The Morgan fingerprint density at radius 3 is 2.76 bits per heavy atom. The van der Waals surface area contributed by atoms with Gasteiger partial charge < -0.3 is 5.32 Å². The summed E-state index contributed by atoms with van der Waals surface area (Å²) >= 11 is 1.94. The largest absolute Gasteiger partial charge is 0.359 e. The van der Waals surface area contributed by atoms with Gasteiger partial charge in [-0.05, 0) is 43.9 Å². The molecule has 1 saturated carbocycles. The van der Waals surface area contributed by atoms with Crippen LogP contribution in [0.4, 0.5) is 0 Å². The Morgan fingerprint density at radius 2 is 2.12 bits per heavy atom. The quantitative estimate of drug-likeness (QED) is 0.831. The zero-order chi connectivity index (χ0) is 12.3. The van der Waals surface area contributed by atoms with Gasteiger partial charge in [0.15, 0.2) is 5.17 Å². The van der Waals surface area contributed by atoms with Gasteiger partial charge in [0.05, 0.1) is 0 Å². The van der Waals surface area contributed by atoms with Crippen molar-refractivity contribution in [3.05, 3.63) is 0 Å². The molecule has 2 fully saturated rings. The minimum Gasteiger partial charge on any atom is -0.359 e. The van der Waals surface area contributed by atoms with Crippen LogP contribution in [0.15, 0.2) is 4.99 Å². The average molecular weight is 254 g/mol. The van der Waals surface area contributed by atoms with E-state index in [-0.39, 0.29) is 0 Å². The molecule has 98 valence electrons. The predicted octanol–water partition coefficient (Wildman–Crippen LogP) is 3.67. The van der Waals surface area contributed by atoms with Crippen LogP contribution in [-0.2, 0) is 0 Å². The van der Waals surface area contributed by atoms with Crippen molar-refractivity contribution in [3.63, 3.8) is 0 Å². The van der Waals surface area contributed by atoms with Gasteiger partial charge in [-0.2, -0.15) is 0 Å². The molecule has 0 atom stereocenters. The number of rotatable bonds is 3. The Balaban J connectivity index is 1.82. The summed E-state index contributed by atoms with van der Waals surface area (Å²) in [6.45, 7) is 7.89. The summed E-state index contributed by atoms with van der Waals surface area (Å²) in [4.78, 5) is 4.70. The third-order valence-corrected chi connectivity index (χ3v) is 5.25. The minimum absolute atomic E-state index is 0.397. The number of hydrogen-bond acceptors (Lipinski definition) is 2. The van der Waals surface area contributed by atoms with Gasteiger partial charge in [0.25, 0.3) is 0 Å². The summed E-state index contributed by atoms with van der Waals surface area (Å²) in [5, 5.41) is 4.92. The van der Waals surface area contributed by atoms with Crippen LogP contribution >= 0.6 is 11.8 Å². The van der Waals surface area contributed by atoms with E-state index in [2.05, 4.69) is 26.1 Å². The number of nitrogens with zero attached hydrogens (tertiary/aromatic N) is 1. The Morgan fingerprint density at radius 1 is 1.41 bits per heavy atom. The summed E-state index contributed by atoms with van der Waals surface area (Å²) in [5.74, 6) is 2.92. The van der Waals surface area contributed by atoms with E-state index in [9.17, 15) is 0 Å². The van der Waals surface area contributed by atoms with Crippen molar-refractivity contribution in [2.24, 2.45) is 16.8 Å². The SMILES string of the molecule is CC(C)CCN=C1NC2(CCC(C)CC2)CS1. The molecule has 0 amide bonds. The molecule has 1 saturated heterocycles. The maximum Gasteiger partial charge on any atom is 0.157 e. The Bertz CT molecular complexity index is 278. The fourth-order valence-electron chi connectivity index (χ4n) is 2.60. The van der Waals surface area contributed by atoms with E-state index in [4.69, 9.17) is 4.99 Å². The summed E-state index contributed by atoms with van der Waals surface area (Å²) < 4.78 is 0. The number of thioether (sulfide) groups is 1. The zero-order valence-corrected chi connectivity index (χ0v) is 12.3. The molecule has 1 aliphatic carbocycles. The van der Waals surface area contributed by atoms with Crippen molar-refractivity contribution in [3.8, 4) is 0 Å². The predicted molar refractivity (Wildman–Crippen MR) is 77.7 cm³/mol. The number of amidine groups is 1. The maximum atomic E-state index is 4.70. The second kappa shape index (κ2) is 5.64. The molecule has 1 N–H and O–H groups in total.